The van der Waals surface area contributed by atoms with Gasteiger partial charge in [0.2, 0.25) is 0 Å². The summed E-state index contributed by atoms with van der Waals surface area (Å²) in [6.45, 7) is 0. The number of benzene rings is 11. The van der Waals surface area contributed by atoms with Crippen molar-refractivity contribution in [2.75, 3.05) is 0 Å². The van der Waals surface area contributed by atoms with Gasteiger partial charge in [-0.2, -0.15) is 0 Å². The van der Waals surface area contributed by atoms with E-state index >= 15 is 0 Å². The molecule has 3 heteroatoms. The van der Waals surface area contributed by atoms with Gasteiger partial charge in [0.15, 0.2) is 0 Å². The Bertz CT molecular complexity index is 4010. The van der Waals surface area contributed by atoms with Crippen molar-refractivity contribution in [3.63, 3.8) is 0 Å². The number of thiophene rings is 2. The molecule has 302 valence electrons. The van der Waals surface area contributed by atoms with Gasteiger partial charge < -0.3 is 4.57 Å². The molecule has 0 aliphatic heterocycles. The average molecular weight is 860 g/mol. The molecule has 11 aromatic carbocycles. The molecule has 14 aromatic rings. The van der Waals surface area contributed by atoms with Gasteiger partial charge >= 0.3 is 0 Å². The minimum absolute atomic E-state index is 1.19. The highest BCUT2D eigenvalue weighted by Crippen LogP contribution is 2.48. The highest BCUT2D eigenvalue weighted by molar-refractivity contribution is 7.27. The second-order valence-electron chi connectivity index (χ2n) is 17.1. The lowest BCUT2D eigenvalue weighted by Crippen LogP contribution is -1.97. The van der Waals surface area contributed by atoms with Crippen molar-refractivity contribution in [2.45, 2.75) is 0 Å². The molecule has 0 unspecified atom stereocenters. The Balaban J connectivity index is 1.03. The molecule has 0 N–H and O–H groups in total. The quantitative estimate of drug-likeness (QED) is 0.152. The predicted molar refractivity (Wildman–Crippen MR) is 283 cm³/mol. The third kappa shape index (κ3) is 5.56. The van der Waals surface area contributed by atoms with Crippen molar-refractivity contribution < 1.29 is 0 Å². The van der Waals surface area contributed by atoms with Crippen molar-refractivity contribution in [3.05, 3.63) is 224 Å². The van der Waals surface area contributed by atoms with Crippen LogP contribution < -0.4 is 0 Å². The smallest absolute Gasteiger partial charge is 0.0547 e. The van der Waals surface area contributed by atoms with Crippen molar-refractivity contribution in [1.82, 2.24) is 4.57 Å². The molecule has 3 aromatic heterocycles. The molecule has 0 bridgehead atoms. The van der Waals surface area contributed by atoms with E-state index in [1.54, 1.807) is 0 Å². The van der Waals surface area contributed by atoms with Gasteiger partial charge in [-0.3, -0.25) is 0 Å². The first-order chi connectivity index (χ1) is 32.2. The minimum Gasteiger partial charge on any atom is -0.309 e. The van der Waals surface area contributed by atoms with Gasteiger partial charge in [0.1, 0.15) is 0 Å². The SMILES string of the molecule is c1ccc(-c2cccc3c2sc2c(-c4ccc5c6ccc(-c7cccc8c7sc7c(-c9ccccc9)cccc78)cc6n(-c6cc7ccccc7c7ccccc67)c5c4)cccc23)cc1. The molecule has 0 saturated carbocycles. The molecule has 0 atom stereocenters. The minimum atomic E-state index is 1.19. The number of nitrogens with zero attached hydrogens (tertiary/aromatic N) is 1. The van der Waals surface area contributed by atoms with Crippen molar-refractivity contribution >= 4 is 106 Å². The van der Waals surface area contributed by atoms with E-state index in [0.29, 0.717) is 0 Å². The summed E-state index contributed by atoms with van der Waals surface area (Å²) in [4.78, 5) is 0. The van der Waals surface area contributed by atoms with Crippen LogP contribution in [0.2, 0.25) is 0 Å². The van der Waals surface area contributed by atoms with Crippen molar-refractivity contribution in [1.29, 1.82) is 0 Å². The van der Waals surface area contributed by atoms with Crippen LogP contribution in [-0.2, 0) is 0 Å². The standard InChI is InChI=1S/C62H37NS2/c1-3-15-38(16-4-1)44-23-11-27-52-54-29-13-25-46(61(54)64-59(44)52)41-31-33-50-51-34-32-42(47-26-14-30-55-53-28-12-24-45(60(53)65-62(47)55)39-17-5-2-6-18-39)37-58(51)63(57(50)36-41)56-35-40-19-7-8-20-43(40)48-21-9-10-22-49(48)56/h1-37H. The highest BCUT2D eigenvalue weighted by Gasteiger charge is 2.21. The largest absolute Gasteiger partial charge is 0.309 e. The van der Waals surface area contributed by atoms with E-state index in [9.17, 15) is 0 Å². The van der Waals surface area contributed by atoms with E-state index in [-0.39, 0.29) is 0 Å². The van der Waals surface area contributed by atoms with Crippen LogP contribution in [0.15, 0.2) is 224 Å². The second kappa shape index (κ2) is 14.4. The molecule has 0 saturated heterocycles. The maximum absolute atomic E-state index is 2.56. The second-order valence-corrected chi connectivity index (χ2v) is 19.2. The van der Waals surface area contributed by atoms with Gasteiger partial charge in [-0.15, -0.1) is 22.7 Å². The lowest BCUT2D eigenvalue weighted by Gasteiger charge is -2.15. The zero-order chi connectivity index (χ0) is 42.6. The molecular weight excluding hydrogens is 823 g/mol. The Morgan fingerprint density at radius 1 is 0.246 bits per heavy atom. The van der Waals surface area contributed by atoms with E-state index in [1.165, 1.54) is 134 Å². The Morgan fingerprint density at radius 2 is 0.631 bits per heavy atom. The molecule has 65 heavy (non-hydrogen) atoms. The average Bonchev–Trinajstić information content (AvgIpc) is 4.06. The molecule has 3 heterocycles. The first kappa shape index (κ1) is 36.6. The molecule has 0 fully saturated rings. The lowest BCUT2D eigenvalue weighted by molar-refractivity contribution is 1.20. The molecule has 0 aliphatic rings. The zero-order valence-electron chi connectivity index (χ0n) is 35.1. The summed E-state index contributed by atoms with van der Waals surface area (Å²) in [5, 5.41) is 12.7. The van der Waals surface area contributed by atoms with Crippen LogP contribution in [0.5, 0.6) is 0 Å². The summed E-state index contributed by atoms with van der Waals surface area (Å²) in [7, 11) is 0. The van der Waals surface area contributed by atoms with Gasteiger partial charge in [-0.1, -0.05) is 206 Å². The van der Waals surface area contributed by atoms with Crippen LogP contribution in [0.25, 0.3) is 134 Å². The number of hydrogen-bond acceptors (Lipinski definition) is 2. The topological polar surface area (TPSA) is 4.93 Å². The van der Waals surface area contributed by atoms with Gasteiger partial charge in [-0.25, -0.2) is 0 Å². The van der Waals surface area contributed by atoms with E-state index < -0.39 is 0 Å². The number of rotatable bonds is 5. The van der Waals surface area contributed by atoms with Gasteiger partial charge in [-0.05, 0) is 78.9 Å². The summed E-state index contributed by atoms with van der Waals surface area (Å²) in [6.07, 6.45) is 0. The first-order valence-corrected chi connectivity index (χ1v) is 23.9. The van der Waals surface area contributed by atoms with Crippen LogP contribution in [0.3, 0.4) is 0 Å². The third-order valence-corrected chi connectivity index (χ3v) is 16.2. The van der Waals surface area contributed by atoms with E-state index in [1.807, 2.05) is 22.7 Å². The Labute approximate surface area is 383 Å². The molecular formula is C62H37NS2. The number of aromatic nitrogens is 1. The van der Waals surface area contributed by atoms with Crippen LogP contribution in [0.4, 0.5) is 0 Å². The molecule has 0 radical (unpaired) electrons. The molecule has 0 amide bonds. The fourth-order valence-corrected chi connectivity index (χ4v) is 13.4. The predicted octanol–water partition coefficient (Wildman–Crippen LogP) is 18.5. The van der Waals surface area contributed by atoms with Gasteiger partial charge in [0.05, 0.1) is 16.7 Å². The zero-order valence-corrected chi connectivity index (χ0v) is 36.8. The van der Waals surface area contributed by atoms with Gasteiger partial charge in [0, 0.05) is 56.5 Å². The van der Waals surface area contributed by atoms with Crippen molar-refractivity contribution in [3.8, 4) is 50.2 Å². The van der Waals surface area contributed by atoms with Crippen LogP contribution in [0, 0.1) is 0 Å². The fraction of sp³-hybridized carbons (Fsp3) is 0. The Hall–Kier alpha value is -7.82. The van der Waals surface area contributed by atoms with E-state index in [2.05, 4.69) is 229 Å². The van der Waals surface area contributed by atoms with Gasteiger partial charge in [0.25, 0.3) is 0 Å². The number of fused-ring (bicyclic) bond motifs is 12. The lowest BCUT2D eigenvalue weighted by atomic mass is 9.98. The normalized spacial score (nSPS) is 12.0. The summed E-state index contributed by atoms with van der Waals surface area (Å²) >= 11 is 3.83. The first-order valence-electron chi connectivity index (χ1n) is 22.2. The summed E-state index contributed by atoms with van der Waals surface area (Å²) < 4.78 is 7.85. The third-order valence-electron chi connectivity index (χ3n) is 13.6. The maximum atomic E-state index is 2.56. The monoisotopic (exact) mass is 859 g/mol. The van der Waals surface area contributed by atoms with Crippen LogP contribution >= 0.6 is 22.7 Å². The van der Waals surface area contributed by atoms with E-state index in [0.717, 1.165) is 0 Å². The highest BCUT2D eigenvalue weighted by atomic mass is 32.1. The number of hydrogen-bond donors (Lipinski definition) is 0. The fourth-order valence-electron chi connectivity index (χ4n) is 10.6. The van der Waals surface area contributed by atoms with Crippen LogP contribution in [0.1, 0.15) is 0 Å². The van der Waals surface area contributed by atoms with Crippen LogP contribution in [-0.4, -0.2) is 4.57 Å². The summed E-state index contributed by atoms with van der Waals surface area (Å²) in [5.74, 6) is 0. The molecule has 0 spiro atoms. The summed E-state index contributed by atoms with van der Waals surface area (Å²) in [5.41, 5.74) is 13.6. The van der Waals surface area contributed by atoms with Crippen molar-refractivity contribution in [2.24, 2.45) is 0 Å². The Kier molecular flexibility index (Phi) is 8.09. The Morgan fingerprint density at radius 3 is 1.11 bits per heavy atom. The molecule has 14 rings (SSSR count). The molecule has 1 nitrogen and oxygen atoms in total. The summed E-state index contributed by atoms with van der Waals surface area (Å²) in [6, 6.07) is 83.3. The molecule has 0 aliphatic carbocycles. The maximum Gasteiger partial charge on any atom is 0.0547 e. The van der Waals surface area contributed by atoms with E-state index in [4.69, 9.17) is 0 Å².